The van der Waals surface area contributed by atoms with E-state index in [1.807, 2.05) is 44.2 Å². The summed E-state index contributed by atoms with van der Waals surface area (Å²) >= 11 is 0. The Bertz CT molecular complexity index is 1470. The van der Waals surface area contributed by atoms with Crippen molar-refractivity contribution in [1.29, 1.82) is 5.26 Å². The molecule has 4 rings (SSSR count). The van der Waals surface area contributed by atoms with E-state index in [0.29, 0.717) is 28.7 Å². The number of benzene rings is 1. The molecular weight excluding hydrogens is 464 g/mol. The van der Waals surface area contributed by atoms with Gasteiger partial charge in [0.25, 0.3) is 5.56 Å². The molecule has 0 N–H and O–H groups in total. The summed E-state index contributed by atoms with van der Waals surface area (Å²) in [4.78, 5) is 32.3. The highest BCUT2D eigenvalue weighted by molar-refractivity contribution is 5.67. The Labute approximate surface area is 216 Å². The lowest BCUT2D eigenvalue weighted by molar-refractivity contribution is 0.411. The molecule has 0 radical (unpaired) electrons. The van der Waals surface area contributed by atoms with Gasteiger partial charge in [0.1, 0.15) is 0 Å². The lowest BCUT2D eigenvalue weighted by atomic mass is 9.99. The number of nitriles is 1. The molecule has 0 aliphatic rings. The molecule has 0 atom stereocenters. The lowest BCUT2D eigenvalue weighted by Crippen LogP contribution is -2.30. The van der Waals surface area contributed by atoms with E-state index >= 15 is 0 Å². The lowest BCUT2D eigenvalue weighted by Gasteiger charge is -2.18. The molecule has 3 aromatic heterocycles. The maximum Gasteiger partial charge on any atom is 0.257 e. The minimum Gasteiger partial charge on any atom is -0.494 e. The topological polar surface area (TPSA) is 107 Å². The Hall–Kier alpha value is -4.38. The second kappa shape index (κ2) is 11.6. The fourth-order valence-corrected chi connectivity index (χ4v) is 4.25. The van der Waals surface area contributed by atoms with Crippen molar-refractivity contribution in [3.8, 4) is 34.7 Å². The number of ether oxygens (including phenoxy) is 1. The summed E-state index contributed by atoms with van der Waals surface area (Å²) in [7, 11) is 1.55. The van der Waals surface area contributed by atoms with Crippen molar-refractivity contribution >= 4 is 0 Å². The van der Waals surface area contributed by atoms with E-state index in [-0.39, 0.29) is 18.0 Å². The van der Waals surface area contributed by atoms with E-state index in [2.05, 4.69) is 27.9 Å². The van der Waals surface area contributed by atoms with Gasteiger partial charge in [-0.25, -0.2) is 15.0 Å². The Kier molecular flexibility index (Phi) is 8.04. The zero-order valence-corrected chi connectivity index (χ0v) is 21.6. The van der Waals surface area contributed by atoms with Crippen LogP contribution in [-0.4, -0.2) is 31.6 Å². The zero-order valence-electron chi connectivity index (χ0n) is 21.6. The second-order valence-electron chi connectivity index (χ2n) is 9.10. The van der Waals surface area contributed by atoms with Crippen molar-refractivity contribution < 1.29 is 4.74 Å². The predicted molar refractivity (Wildman–Crippen MR) is 142 cm³/mol. The minimum absolute atomic E-state index is 0.0203. The Morgan fingerprint density at radius 3 is 2.43 bits per heavy atom. The van der Waals surface area contributed by atoms with Gasteiger partial charge in [0.05, 0.1) is 49.1 Å². The zero-order chi connectivity index (χ0) is 26.4. The molecule has 3 heterocycles. The van der Waals surface area contributed by atoms with Crippen molar-refractivity contribution in [2.45, 2.75) is 52.5 Å². The van der Waals surface area contributed by atoms with Crippen LogP contribution in [0.2, 0.25) is 0 Å². The third kappa shape index (κ3) is 5.56. The van der Waals surface area contributed by atoms with Gasteiger partial charge in [0, 0.05) is 17.3 Å². The maximum atomic E-state index is 13.9. The van der Waals surface area contributed by atoms with E-state index < -0.39 is 0 Å². The van der Waals surface area contributed by atoms with E-state index in [4.69, 9.17) is 9.72 Å². The van der Waals surface area contributed by atoms with Gasteiger partial charge in [-0.15, -0.1) is 0 Å². The Morgan fingerprint density at radius 2 is 1.81 bits per heavy atom. The highest BCUT2D eigenvalue weighted by atomic mass is 16.5. The van der Waals surface area contributed by atoms with Gasteiger partial charge in [-0.3, -0.25) is 14.3 Å². The summed E-state index contributed by atoms with van der Waals surface area (Å²) in [6, 6.07) is 13.3. The minimum atomic E-state index is -0.0931. The average molecular weight is 495 g/mol. The van der Waals surface area contributed by atoms with Crippen LogP contribution < -0.4 is 10.3 Å². The van der Waals surface area contributed by atoms with Crippen LogP contribution in [0.5, 0.6) is 5.75 Å². The fourth-order valence-electron chi connectivity index (χ4n) is 4.25. The average Bonchev–Trinajstić information content (AvgIpc) is 2.93. The first-order valence-corrected chi connectivity index (χ1v) is 12.4. The van der Waals surface area contributed by atoms with Crippen LogP contribution in [-0.2, 0) is 13.0 Å². The summed E-state index contributed by atoms with van der Waals surface area (Å²) in [5.74, 6) is 1.33. The third-order valence-corrected chi connectivity index (χ3v) is 6.18. The smallest absolute Gasteiger partial charge is 0.257 e. The first kappa shape index (κ1) is 25.7. The van der Waals surface area contributed by atoms with Crippen LogP contribution in [0.4, 0.5) is 0 Å². The molecule has 0 fully saturated rings. The molecule has 0 unspecified atom stereocenters. The second-order valence-corrected chi connectivity index (χ2v) is 9.10. The van der Waals surface area contributed by atoms with Gasteiger partial charge in [0.15, 0.2) is 17.4 Å². The van der Waals surface area contributed by atoms with Crippen LogP contribution in [0.15, 0.2) is 59.8 Å². The van der Waals surface area contributed by atoms with Gasteiger partial charge in [-0.05, 0) is 36.5 Å². The fraction of sp³-hybridized carbons (Fsp3) is 0.310. The van der Waals surface area contributed by atoms with Crippen molar-refractivity contribution in [2.24, 2.45) is 0 Å². The van der Waals surface area contributed by atoms with E-state index in [9.17, 15) is 10.1 Å². The van der Waals surface area contributed by atoms with Crippen LogP contribution in [0.3, 0.4) is 0 Å². The number of pyridine rings is 1. The summed E-state index contributed by atoms with van der Waals surface area (Å²) in [5, 5.41) is 9.44. The summed E-state index contributed by atoms with van der Waals surface area (Å²) < 4.78 is 6.84. The molecule has 8 nitrogen and oxygen atoms in total. The number of aryl methyl sites for hydroxylation is 1. The number of rotatable bonds is 9. The normalized spacial score (nSPS) is 10.9. The van der Waals surface area contributed by atoms with Crippen molar-refractivity contribution in [3.05, 3.63) is 87.7 Å². The third-order valence-electron chi connectivity index (χ3n) is 6.18. The molecule has 1 aromatic carbocycles. The number of methoxy groups -OCH3 is 1. The number of hydrogen-bond acceptors (Lipinski definition) is 7. The van der Waals surface area contributed by atoms with Crippen LogP contribution in [0.25, 0.3) is 22.9 Å². The number of nitrogens with zero attached hydrogens (tertiary/aromatic N) is 6. The molecule has 0 aliphatic heterocycles. The van der Waals surface area contributed by atoms with Gasteiger partial charge in [-0.1, -0.05) is 51.5 Å². The van der Waals surface area contributed by atoms with Crippen LogP contribution in [0, 0.1) is 11.3 Å². The number of aromatic nitrogens is 5. The van der Waals surface area contributed by atoms with Gasteiger partial charge in [0.2, 0.25) is 0 Å². The number of unbranched alkanes of at least 4 members (excludes halogenated alkanes) is 1. The van der Waals surface area contributed by atoms with Gasteiger partial charge < -0.3 is 4.74 Å². The molecule has 0 aliphatic carbocycles. The summed E-state index contributed by atoms with van der Waals surface area (Å²) in [5.41, 5.74) is 4.28. The molecule has 188 valence electrons. The molecule has 4 aromatic rings. The van der Waals surface area contributed by atoms with Crippen LogP contribution >= 0.6 is 0 Å². The largest absolute Gasteiger partial charge is 0.494 e. The van der Waals surface area contributed by atoms with Crippen molar-refractivity contribution in [3.63, 3.8) is 0 Å². The van der Waals surface area contributed by atoms with Crippen molar-refractivity contribution in [1.82, 2.24) is 24.5 Å². The molecule has 37 heavy (non-hydrogen) atoms. The first-order chi connectivity index (χ1) is 18.0. The standard InChI is InChI=1S/C29H30N6O2/c1-5-6-11-25-26(19(2)3)29(36)35(28(34-25)27-32-16-22(37-4)17-33-27)18-20-12-13-24(31-15-20)23-10-8-7-9-21(23)14-30/h7-10,12-13,15-17,19H,5-6,11,18H2,1-4H3. The Morgan fingerprint density at radius 1 is 1.05 bits per heavy atom. The quantitative estimate of drug-likeness (QED) is 0.316. The monoisotopic (exact) mass is 494 g/mol. The molecule has 8 heteroatoms. The van der Waals surface area contributed by atoms with Gasteiger partial charge >= 0.3 is 0 Å². The predicted octanol–water partition coefficient (Wildman–Crippen LogP) is 5.16. The highest BCUT2D eigenvalue weighted by Gasteiger charge is 2.21. The SMILES string of the molecule is CCCCc1nc(-c2ncc(OC)cn2)n(Cc2ccc(-c3ccccc3C#N)nc2)c(=O)c1C(C)C. The molecule has 0 saturated carbocycles. The molecule has 0 bridgehead atoms. The van der Waals surface area contributed by atoms with E-state index in [0.717, 1.165) is 41.6 Å². The van der Waals surface area contributed by atoms with Crippen LogP contribution in [0.1, 0.15) is 61.9 Å². The summed E-state index contributed by atoms with van der Waals surface area (Å²) in [6.07, 6.45) is 7.54. The van der Waals surface area contributed by atoms with Gasteiger partial charge in [-0.2, -0.15) is 5.26 Å². The van der Waals surface area contributed by atoms with E-state index in [1.165, 1.54) is 0 Å². The molecule has 0 amide bonds. The molecular formula is C29H30N6O2. The molecule has 0 saturated heterocycles. The highest BCUT2D eigenvalue weighted by Crippen LogP contribution is 2.24. The maximum absolute atomic E-state index is 13.9. The number of hydrogen-bond donors (Lipinski definition) is 0. The van der Waals surface area contributed by atoms with E-state index in [1.54, 1.807) is 36.3 Å². The summed E-state index contributed by atoms with van der Waals surface area (Å²) in [6.45, 7) is 6.42. The molecule has 0 spiro atoms. The van der Waals surface area contributed by atoms with Crippen molar-refractivity contribution in [2.75, 3.05) is 7.11 Å². The first-order valence-electron chi connectivity index (χ1n) is 12.4. The Balaban J connectivity index is 1.80.